The van der Waals surface area contributed by atoms with Gasteiger partial charge in [-0.1, -0.05) is 40.5 Å². The molecule has 0 saturated heterocycles. The minimum atomic E-state index is -3.81. The Bertz CT molecular complexity index is 523. The summed E-state index contributed by atoms with van der Waals surface area (Å²) in [5.74, 6) is 0.568. The van der Waals surface area contributed by atoms with Crippen molar-refractivity contribution < 1.29 is 38.8 Å². The Labute approximate surface area is 184 Å². The molecule has 14 heteroatoms. The van der Waals surface area contributed by atoms with Crippen LogP contribution in [-0.4, -0.2) is 52.5 Å². The molecule has 0 atom stereocenters. The van der Waals surface area contributed by atoms with E-state index in [0.29, 0.717) is 25.1 Å². The van der Waals surface area contributed by atoms with Crippen LogP contribution in [0.2, 0.25) is 0 Å². The molecule has 1 rings (SSSR count). The van der Waals surface area contributed by atoms with Crippen LogP contribution in [0.5, 0.6) is 11.9 Å². The van der Waals surface area contributed by atoms with Crippen LogP contribution in [0, 0.1) is 6.92 Å². The minimum Gasteiger partial charge on any atom is -0.478 e. The number of ether oxygens (including phenoxy) is 2. The van der Waals surface area contributed by atoms with Crippen molar-refractivity contribution in [1.29, 1.82) is 0 Å². The summed E-state index contributed by atoms with van der Waals surface area (Å²) in [6.45, 7) is 7.60. The molecule has 176 valence electrons. The topological polar surface area (TPSA) is 166 Å². The van der Waals surface area contributed by atoms with Crippen molar-refractivity contribution in [3.05, 3.63) is 11.8 Å². The maximum atomic E-state index is 7.56. The predicted molar refractivity (Wildman–Crippen MR) is 123 cm³/mol. The maximum Gasteiger partial charge on any atom is 0.319 e. The molecule has 6 N–H and O–H groups in total. The van der Waals surface area contributed by atoms with Crippen LogP contribution in [0.15, 0.2) is 6.07 Å². The van der Waals surface area contributed by atoms with Crippen LogP contribution in [0.4, 0.5) is 0 Å². The third-order valence-electron chi connectivity index (χ3n) is 1.88. The van der Waals surface area contributed by atoms with Crippen LogP contribution in [0.3, 0.4) is 0 Å². The van der Waals surface area contributed by atoms with E-state index in [2.05, 4.69) is 47.4 Å². The molecule has 1 aromatic rings. The first kappa shape index (κ1) is 36.1. The molecule has 0 saturated carbocycles. The first-order valence-electron chi connectivity index (χ1n) is 8.85. The molecule has 1 aromatic heterocycles. The summed E-state index contributed by atoms with van der Waals surface area (Å²) in [5, 5.41) is 0. The lowest BCUT2D eigenvalue weighted by Crippen LogP contribution is -2.02. The molecule has 1 heterocycles. The van der Waals surface area contributed by atoms with E-state index in [-0.39, 0.29) is 0 Å². The standard InChI is InChI=1S/C9H14N2O2.C4H10.C2H6.2H3O3PS/c1-4-12-8-6-7(3)10-9(11-8)13-5-2;1-3-4-2;1-2;2*1-4(2,3)5/h6H,4-5H2,1-3H3;3-4H2,1-2H3;1-2H3;2*(H3,1,2,3,5). The van der Waals surface area contributed by atoms with Gasteiger partial charge in [0.25, 0.3) is 0 Å². The lowest BCUT2D eigenvalue weighted by Gasteiger charge is -2.05. The molecule has 10 nitrogen and oxygen atoms in total. The third kappa shape index (κ3) is 52.3. The molecule has 29 heavy (non-hydrogen) atoms. The van der Waals surface area contributed by atoms with Gasteiger partial charge in [0, 0.05) is 11.8 Å². The van der Waals surface area contributed by atoms with Crippen molar-refractivity contribution in [3.8, 4) is 11.9 Å². The monoisotopic (exact) mass is 498 g/mol. The fourth-order valence-corrected chi connectivity index (χ4v) is 0.929. The van der Waals surface area contributed by atoms with E-state index in [9.17, 15) is 0 Å². The first-order chi connectivity index (χ1) is 13.2. The van der Waals surface area contributed by atoms with Crippen molar-refractivity contribution in [2.75, 3.05) is 13.2 Å². The zero-order valence-electron chi connectivity index (χ0n) is 18.0. The normalized spacial score (nSPS) is 9.69. The number of aryl methyl sites for hydroxylation is 1. The Morgan fingerprint density at radius 1 is 0.793 bits per heavy atom. The summed E-state index contributed by atoms with van der Waals surface area (Å²) in [4.78, 5) is 53.5. The molecule has 0 unspecified atom stereocenters. The Morgan fingerprint density at radius 2 is 1.14 bits per heavy atom. The number of hydrogen-bond acceptors (Lipinski definition) is 6. The highest BCUT2D eigenvalue weighted by atomic mass is 32.5. The minimum absolute atomic E-state index is 0.381. The molecule has 0 amide bonds. The molecular formula is C15H36N2O8P2S2. The number of unbranched alkanes of at least 4 members (excludes halogenated alkanes) is 1. The number of nitrogens with zero attached hydrogens (tertiary/aromatic N) is 2. The van der Waals surface area contributed by atoms with Crippen molar-refractivity contribution in [2.24, 2.45) is 0 Å². The second-order valence-electron chi connectivity index (χ2n) is 4.52. The van der Waals surface area contributed by atoms with E-state index in [1.165, 1.54) is 12.8 Å². The summed E-state index contributed by atoms with van der Waals surface area (Å²) in [6, 6.07) is 2.16. The highest BCUT2D eigenvalue weighted by molar-refractivity contribution is 8.06. The van der Waals surface area contributed by atoms with Gasteiger partial charge >= 0.3 is 19.4 Å². The van der Waals surface area contributed by atoms with Gasteiger partial charge in [0.2, 0.25) is 5.88 Å². The molecule has 0 spiro atoms. The summed E-state index contributed by atoms with van der Waals surface area (Å²) in [7, 11) is 0. The van der Waals surface area contributed by atoms with E-state index < -0.39 is 13.4 Å². The summed E-state index contributed by atoms with van der Waals surface area (Å²) >= 11 is 7.21. The van der Waals surface area contributed by atoms with Crippen LogP contribution >= 0.6 is 13.4 Å². The van der Waals surface area contributed by atoms with Crippen LogP contribution in [-0.2, 0) is 23.6 Å². The SMILES string of the molecule is CC.CCCC.CCOc1cc(C)nc(OCC)n1.OP(O)(O)=S.OP(O)(O)=S. The zero-order chi connectivity index (χ0) is 24.1. The van der Waals surface area contributed by atoms with Gasteiger partial charge in [0.15, 0.2) is 0 Å². The van der Waals surface area contributed by atoms with Gasteiger partial charge in [0.1, 0.15) is 0 Å². The average Bonchev–Trinajstić information content (AvgIpc) is 2.54. The van der Waals surface area contributed by atoms with Gasteiger partial charge in [-0.25, -0.2) is 4.98 Å². The van der Waals surface area contributed by atoms with Crippen molar-refractivity contribution in [3.63, 3.8) is 0 Å². The average molecular weight is 499 g/mol. The van der Waals surface area contributed by atoms with E-state index in [1.807, 2.05) is 34.6 Å². The number of hydrogen-bond donors (Lipinski definition) is 6. The van der Waals surface area contributed by atoms with E-state index >= 15 is 0 Å². The molecule has 0 fully saturated rings. The van der Waals surface area contributed by atoms with Gasteiger partial charge in [-0.05, 0) is 44.4 Å². The molecule has 0 aromatic carbocycles. The second-order valence-corrected chi connectivity index (χ2v) is 9.52. The van der Waals surface area contributed by atoms with Gasteiger partial charge in [-0.2, -0.15) is 4.98 Å². The smallest absolute Gasteiger partial charge is 0.319 e. The van der Waals surface area contributed by atoms with E-state index in [1.54, 1.807) is 6.07 Å². The molecule has 0 aliphatic heterocycles. The molecular weight excluding hydrogens is 462 g/mol. The van der Waals surface area contributed by atoms with Gasteiger partial charge in [-0.3, -0.25) is 0 Å². The zero-order valence-corrected chi connectivity index (χ0v) is 21.4. The van der Waals surface area contributed by atoms with E-state index in [0.717, 1.165) is 5.69 Å². The van der Waals surface area contributed by atoms with Gasteiger partial charge in [0.05, 0.1) is 13.2 Å². The molecule has 0 aliphatic carbocycles. The molecule has 0 radical (unpaired) electrons. The molecule has 0 bridgehead atoms. The van der Waals surface area contributed by atoms with Crippen molar-refractivity contribution in [2.45, 2.75) is 61.3 Å². The Morgan fingerprint density at radius 3 is 1.41 bits per heavy atom. The fraction of sp³-hybridized carbons (Fsp3) is 0.733. The third-order valence-corrected chi connectivity index (χ3v) is 1.88. The summed E-state index contributed by atoms with van der Waals surface area (Å²) < 4.78 is 10.4. The van der Waals surface area contributed by atoms with Crippen molar-refractivity contribution >= 4 is 37.1 Å². The Kier molecular flexibility index (Phi) is 27.9. The Balaban J connectivity index is -0.000000163. The lowest BCUT2D eigenvalue weighted by atomic mass is 10.4. The highest BCUT2D eigenvalue weighted by Crippen LogP contribution is 2.27. The summed E-state index contributed by atoms with van der Waals surface area (Å²) in [6.07, 6.45) is 2.64. The second kappa shape index (κ2) is 22.4. The largest absolute Gasteiger partial charge is 0.478 e. The number of aromatic nitrogens is 2. The van der Waals surface area contributed by atoms with Crippen LogP contribution in [0.1, 0.15) is 60.1 Å². The van der Waals surface area contributed by atoms with Gasteiger partial charge < -0.3 is 38.8 Å². The molecule has 0 aliphatic rings. The van der Waals surface area contributed by atoms with E-state index in [4.69, 9.17) is 38.8 Å². The highest BCUT2D eigenvalue weighted by Gasteiger charge is 2.02. The summed E-state index contributed by atoms with van der Waals surface area (Å²) in [5.41, 5.74) is 0.849. The Hall–Kier alpha value is -0.260. The predicted octanol–water partition coefficient (Wildman–Crippen LogP) is 2.79. The van der Waals surface area contributed by atoms with Crippen molar-refractivity contribution in [1.82, 2.24) is 9.97 Å². The van der Waals surface area contributed by atoms with Crippen LogP contribution < -0.4 is 9.47 Å². The number of rotatable bonds is 5. The first-order valence-corrected chi connectivity index (χ1v) is 14.2. The lowest BCUT2D eigenvalue weighted by molar-refractivity contribution is 0.288. The quantitative estimate of drug-likeness (QED) is 0.329. The van der Waals surface area contributed by atoms with Gasteiger partial charge in [-0.15, -0.1) is 0 Å². The maximum absolute atomic E-state index is 7.56. The van der Waals surface area contributed by atoms with Crippen LogP contribution in [0.25, 0.3) is 0 Å². The fourth-order valence-electron chi connectivity index (χ4n) is 0.929.